The van der Waals surface area contributed by atoms with Gasteiger partial charge < -0.3 is 9.84 Å². The molecule has 0 saturated heterocycles. The lowest BCUT2D eigenvalue weighted by Crippen LogP contribution is -2.19. The first-order valence-corrected chi connectivity index (χ1v) is 7.14. The number of rotatable bonds is 5. The molecule has 4 nitrogen and oxygen atoms in total. The van der Waals surface area contributed by atoms with Crippen LogP contribution in [0.5, 0.6) is 0 Å². The van der Waals surface area contributed by atoms with Gasteiger partial charge in [0.15, 0.2) is 0 Å². The van der Waals surface area contributed by atoms with Crippen LogP contribution >= 0.6 is 27.3 Å². The van der Waals surface area contributed by atoms with Gasteiger partial charge in [-0.05, 0) is 48.0 Å². The van der Waals surface area contributed by atoms with Gasteiger partial charge in [-0.2, -0.15) is 4.98 Å². The summed E-state index contributed by atoms with van der Waals surface area (Å²) in [5.74, 6) is 1.29. The Morgan fingerprint density at radius 3 is 3.00 bits per heavy atom. The average molecular weight is 316 g/mol. The highest BCUT2D eigenvalue weighted by atomic mass is 79.9. The predicted octanol–water partition coefficient (Wildman–Crippen LogP) is 3.62. The fourth-order valence-corrected chi connectivity index (χ4v) is 2.71. The van der Waals surface area contributed by atoms with E-state index in [1.165, 1.54) is 0 Å². The number of hydrogen-bond donors (Lipinski definition) is 1. The normalized spacial score (nSPS) is 12.9. The maximum absolute atomic E-state index is 5.25. The molecule has 0 aromatic carbocycles. The van der Waals surface area contributed by atoms with E-state index in [0.29, 0.717) is 11.7 Å². The summed E-state index contributed by atoms with van der Waals surface area (Å²) in [6, 6.07) is 4.06. The summed E-state index contributed by atoms with van der Waals surface area (Å²) in [5, 5.41) is 7.31. The van der Waals surface area contributed by atoms with Crippen molar-refractivity contribution in [3.05, 3.63) is 21.8 Å². The highest BCUT2D eigenvalue weighted by molar-refractivity contribution is 9.11. The molecule has 0 aliphatic heterocycles. The van der Waals surface area contributed by atoms with E-state index in [9.17, 15) is 0 Å². The number of hydrogen-bond acceptors (Lipinski definition) is 5. The third-order valence-corrected chi connectivity index (χ3v) is 3.93. The third kappa shape index (κ3) is 3.14. The summed E-state index contributed by atoms with van der Waals surface area (Å²) in [6.07, 6.45) is 1.09. The van der Waals surface area contributed by atoms with Crippen molar-refractivity contribution in [2.75, 3.05) is 6.54 Å². The summed E-state index contributed by atoms with van der Waals surface area (Å²) in [4.78, 5) is 5.40. The fraction of sp³-hybridized carbons (Fsp3) is 0.455. The smallest absolute Gasteiger partial charge is 0.243 e. The van der Waals surface area contributed by atoms with Gasteiger partial charge in [0.1, 0.15) is 0 Å². The summed E-state index contributed by atoms with van der Waals surface area (Å²) in [5.41, 5.74) is 0. The van der Waals surface area contributed by atoms with E-state index in [0.717, 1.165) is 21.6 Å². The number of aromatic nitrogens is 2. The molecule has 0 spiro atoms. The minimum absolute atomic E-state index is 0.0969. The van der Waals surface area contributed by atoms with Crippen LogP contribution in [0.3, 0.4) is 0 Å². The maximum atomic E-state index is 5.25. The molecule has 2 aromatic rings. The van der Waals surface area contributed by atoms with Gasteiger partial charge in [0.05, 0.1) is 14.7 Å². The predicted molar refractivity (Wildman–Crippen MR) is 72.0 cm³/mol. The van der Waals surface area contributed by atoms with E-state index in [1.807, 2.05) is 19.1 Å². The average Bonchev–Trinajstić information content (AvgIpc) is 2.93. The lowest BCUT2D eigenvalue weighted by atomic mass is 10.3. The first-order valence-electron chi connectivity index (χ1n) is 5.53. The summed E-state index contributed by atoms with van der Waals surface area (Å²) < 4.78 is 6.32. The SMILES string of the molecule is CCCNC(C)c1nc(-c2ccc(Br)s2)no1. The van der Waals surface area contributed by atoms with Crippen LogP contribution in [0.15, 0.2) is 20.4 Å². The van der Waals surface area contributed by atoms with Gasteiger partial charge >= 0.3 is 0 Å². The molecule has 17 heavy (non-hydrogen) atoms. The zero-order chi connectivity index (χ0) is 12.3. The van der Waals surface area contributed by atoms with Crippen molar-refractivity contribution >= 4 is 27.3 Å². The monoisotopic (exact) mass is 315 g/mol. The Bertz CT molecular complexity index is 483. The minimum atomic E-state index is 0.0969. The van der Waals surface area contributed by atoms with E-state index in [-0.39, 0.29) is 6.04 Å². The summed E-state index contributed by atoms with van der Waals surface area (Å²) in [6.45, 7) is 5.10. The van der Waals surface area contributed by atoms with Crippen molar-refractivity contribution in [1.29, 1.82) is 0 Å². The van der Waals surface area contributed by atoms with Gasteiger partial charge in [0.25, 0.3) is 0 Å². The van der Waals surface area contributed by atoms with Crippen molar-refractivity contribution in [3.8, 4) is 10.7 Å². The van der Waals surface area contributed by atoms with E-state index in [2.05, 4.69) is 38.3 Å². The molecule has 6 heteroatoms. The molecule has 0 amide bonds. The number of thiophene rings is 1. The van der Waals surface area contributed by atoms with Gasteiger partial charge in [-0.25, -0.2) is 0 Å². The van der Waals surface area contributed by atoms with Crippen LogP contribution in [0.2, 0.25) is 0 Å². The van der Waals surface area contributed by atoms with Crippen molar-refractivity contribution < 1.29 is 4.52 Å². The highest BCUT2D eigenvalue weighted by Crippen LogP contribution is 2.29. The Hall–Kier alpha value is -0.720. The Balaban J connectivity index is 2.10. The molecule has 2 aromatic heterocycles. The molecule has 0 bridgehead atoms. The van der Waals surface area contributed by atoms with Crippen molar-refractivity contribution in [3.63, 3.8) is 0 Å². The van der Waals surface area contributed by atoms with Crippen LogP contribution in [0.4, 0.5) is 0 Å². The molecular weight excluding hydrogens is 302 g/mol. The molecular formula is C11H14BrN3OS. The standard InChI is InChI=1S/C11H14BrN3OS/c1-3-6-13-7(2)11-14-10(15-16-11)8-4-5-9(12)17-8/h4-5,7,13H,3,6H2,1-2H3. The minimum Gasteiger partial charge on any atom is -0.337 e. The number of nitrogens with one attached hydrogen (secondary N) is 1. The topological polar surface area (TPSA) is 51.0 Å². The van der Waals surface area contributed by atoms with E-state index >= 15 is 0 Å². The van der Waals surface area contributed by atoms with E-state index in [1.54, 1.807) is 11.3 Å². The second kappa shape index (κ2) is 5.75. The van der Waals surface area contributed by atoms with E-state index in [4.69, 9.17) is 4.52 Å². The van der Waals surface area contributed by atoms with Gasteiger partial charge in [-0.15, -0.1) is 11.3 Å². The summed E-state index contributed by atoms with van der Waals surface area (Å²) in [7, 11) is 0. The number of nitrogens with zero attached hydrogens (tertiary/aromatic N) is 2. The van der Waals surface area contributed by atoms with Crippen LogP contribution in [-0.2, 0) is 0 Å². The largest absolute Gasteiger partial charge is 0.337 e. The zero-order valence-corrected chi connectivity index (χ0v) is 12.1. The van der Waals surface area contributed by atoms with E-state index < -0.39 is 0 Å². The van der Waals surface area contributed by atoms with Crippen molar-refractivity contribution in [1.82, 2.24) is 15.5 Å². The molecule has 1 N–H and O–H groups in total. The second-order valence-electron chi connectivity index (χ2n) is 3.74. The lowest BCUT2D eigenvalue weighted by molar-refractivity contribution is 0.340. The van der Waals surface area contributed by atoms with Crippen LogP contribution in [0, 0.1) is 0 Å². The van der Waals surface area contributed by atoms with Crippen LogP contribution in [0.25, 0.3) is 10.7 Å². The van der Waals surface area contributed by atoms with Crippen LogP contribution in [0.1, 0.15) is 32.2 Å². The number of halogens is 1. The van der Waals surface area contributed by atoms with Gasteiger partial charge in [0.2, 0.25) is 11.7 Å². The fourth-order valence-electron chi connectivity index (χ4n) is 1.39. The van der Waals surface area contributed by atoms with Gasteiger partial charge in [-0.3, -0.25) is 0 Å². The molecule has 0 saturated carbocycles. The quantitative estimate of drug-likeness (QED) is 0.915. The zero-order valence-electron chi connectivity index (χ0n) is 9.74. The third-order valence-electron chi connectivity index (χ3n) is 2.31. The molecule has 2 heterocycles. The van der Waals surface area contributed by atoms with Gasteiger partial charge in [0, 0.05) is 0 Å². The first-order chi connectivity index (χ1) is 8.20. The molecule has 0 aliphatic carbocycles. The van der Waals surface area contributed by atoms with Crippen molar-refractivity contribution in [2.24, 2.45) is 0 Å². The van der Waals surface area contributed by atoms with Crippen LogP contribution in [-0.4, -0.2) is 16.7 Å². The Morgan fingerprint density at radius 2 is 2.35 bits per heavy atom. The maximum Gasteiger partial charge on any atom is 0.243 e. The Kier molecular flexibility index (Phi) is 4.31. The second-order valence-corrected chi connectivity index (χ2v) is 6.20. The molecule has 0 fully saturated rings. The molecule has 92 valence electrons. The molecule has 0 aliphatic rings. The first kappa shape index (κ1) is 12.7. The highest BCUT2D eigenvalue weighted by Gasteiger charge is 2.15. The van der Waals surface area contributed by atoms with Crippen molar-refractivity contribution in [2.45, 2.75) is 26.3 Å². The summed E-state index contributed by atoms with van der Waals surface area (Å²) >= 11 is 5.01. The Morgan fingerprint density at radius 1 is 1.53 bits per heavy atom. The lowest BCUT2D eigenvalue weighted by Gasteiger charge is -2.06. The van der Waals surface area contributed by atoms with Crippen LogP contribution < -0.4 is 5.32 Å². The molecule has 1 unspecified atom stereocenters. The van der Waals surface area contributed by atoms with Gasteiger partial charge in [-0.1, -0.05) is 12.1 Å². The Labute approximate surface area is 113 Å². The molecule has 2 rings (SSSR count). The molecule has 1 atom stereocenters. The molecule has 0 radical (unpaired) electrons.